The van der Waals surface area contributed by atoms with E-state index in [0.717, 1.165) is 17.3 Å². The van der Waals surface area contributed by atoms with E-state index in [1.54, 1.807) is 48.5 Å². The summed E-state index contributed by atoms with van der Waals surface area (Å²) in [6.45, 7) is 0.287. The molecule has 0 spiro atoms. The fraction of sp³-hybridized carbons (Fsp3) is 0.0417. The molecule has 4 rings (SSSR count). The van der Waals surface area contributed by atoms with E-state index in [1.165, 1.54) is 6.08 Å². The van der Waals surface area contributed by atoms with Crippen LogP contribution >= 0.6 is 35.0 Å². The van der Waals surface area contributed by atoms with Gasteiger partial charge in [0.2, 0.25) is 5.89 Å². The molecule has 33 heavy (non-hydrogen) atoms. The molecule has 4 aromatic rings. The molecule has 6 nitrogen and oxygen atoms in total. The van der Waals surface area contributed by atoms with Crippen molar-refractivity contribution in [3.63, 3.8) is 0 Å². The largest absolute Gasteiger partial charge is 0.488 e. The fourth-order valence-corrected chi connectivity index (χ4v) is 3.85. The summed E-state index contributed by atoms with van der Waals surface area (Å²) in [7, 11) is 0. The molecule has 3 aromatic carbocycles. The summed E-state index contributed by atoms with van der Waals surface area (Å²) in [5.41, 5.74) is 2.18. The third-order valence-electron chi connectivity index (χ3n) is 4.39. The Morgan fingerprint density at radius 3 is 2.55 bits per heavy atom. The minimum atomic E-state index is -1.13. The second kappa shape index (κ2) is 10.6. The molecule has 0 bridgehead atoms. The van der Waals surface area contributed by atoms with Crippen molar-refractivity contribution in [1.82, 2.24) is 10.2 Å². The van der Waals surface area contributed by atoms with E-state index < -0.39 is 5.97 Å². The lowest BCUT2D eigenvalue weighted by molar-refractivity contribution is -0.131. The number of carbonyl (C=O) groups is 1. The Morgan fingerprint density at radius 2 is 1.79 bits per heavy atom. The summed E-state index contributed by atoms with van der Waals surface area (Å²) in [5, 5.41) is 19.0. The van der Waals surface area contributed by atoms with Gasteiger partial charge < -0.3 is 14.3 Å². The lowest BCUT2D eigenvalue weighted by Gasteiger charge is -2.10. The van der Waals surface area contributed by atoms with Crippen molar-refractivity contribution >= 4 is 47.0 Å². The van der Waals surface area contributed by atoms with Crippen molar-refractivity contribution < 1.29 is 19.1 Å². The summed E-state index contributed by atoms with van der Waals surface area (Å²) in [5.74, 6) is -0.329. The number of hydrogen-bond acceptors (Lipinski definition) is 6. The SMILES string of the molecule is O=C(O)/C(=C/c1ccccc1OCc1cccc(Cl)c1)Sc1nnc(-c2ccc(Cl)cc2)o1. The number of nitrogens with zero attached hydrogens (tertiary/aromatic N) is 2. The van der Waals surface area contributed by atoms with Gasteiger partial charge in [0.05, 0.1) is 0 Å². The van der Waals surface area contributed by atoms with Crippen LogP contribution in [0.4, 0.5) is 0 Å². The zero-order chi connectivity index (χ0) is 23.2. The molecular formula is C24H16Cl2N2O4S. The van der Waals surface area contributed by atoms with Crippen LogP contribution in [0.5, 0.6) is 5.75 Å². The molecule has 0 atom stereocenters. The van der Waals surface area contributed by atoms with E-state index in [2.05, 4.69) is 10.2 Å². The zero-order valence-electron chi connectivity index (χ0n) is 16.9. The van der Waals surface area contributed by atoms with Gasteiger partial charge in [0.1, 0.15) is 17.3 Å². The fourth-order valence-electron chi connectivity index (χ4n) is 2.85. The second-order valence-electron chi connectivity index (χ2n) is 6.75. The number of carboxylic acids is 1. The molecule has 1 heterocycles. The van der Waals surface area contributed by atoms with Gasteiger partial charge in [-0.1, -0.05) is 53.5 Å². The third-order valence-corrected chi connectivity index (χ3v) is 5.73. The maximum Gasteiger partial charge on any atom is 0.342 e. The maximum absolute atomic E-state index is 11.9. The Balaban J connectivity index is 1.54. The number of para-hydroxylation sites is 1. The van der Waals surface area contributed by atoms with Crippen molar-refractivity contribution in [2.45, 2.75) is 11.8 Å². The second-order valence-corrected chi connectivity index (χ2v) is 8.62. The minimum Gasteiger partial charge on any atom is -0.488 e. The van der Waals surface area contributed by atoms with Gasteiger partial charge in [-0.05, 0) is 65.9 Å². The predicted octanol–water partition coefficient (Wildman–Crippen LogP) is 6.84. The van der Waals surface area contributed by atoms with Gasteiger partial charge in [-0.3, -0.25) is 0 Å². The first kappa shape index (κ1) is 22.9. The molecule has 166 valence electrons. The van der Waals surface area contributed by atoms with Crippen molar-refractivity contribution in [3.05, 3.63) is 98.9 Å². The molecule has 1 N–H and O–H groups in total. The summed E-state index contributed by atoms with van der Waals surface area (Å²) >= 11 is 12.8. The maximum atomic E-state index is 11.9. The Kier molecular flexibility index (Phi) is 7.34. The van der Waals surface area contributed by atoms with Crippen LogP contribution in [0.1, 0.15) is 11.1 Å². The van der Waals surface area contributed by atoms with Crippen LogP contribution in [-0.2, 0) is 11.4 Å². The van der Waals surface area contributed by atoms with E-state index in [0.29, 0.717) is 26.9 Å². The molecule has 9 heteroatoms. The first-order valence-corrected chi connectivity index (χ1v) is 11.2. The lowest BCUT2D eigenvalue weighted by Crippen LogP contribution is -1.99. The van der Waals surface area contributed by atoms with Gasteiger partial charge in [0, 0.05) is 21.2 Å². The quantitative estimate of drug-likeness (QED) is 0.210. The molecule has 0 radical (unpaired) electrons. The Hall–Kier alpha value is -3.26. The average molecular weight is 499 g/mol. The van der Waals surface area contributed by atoms with Crippen molar-refractivity contribution in [2.75, 3.05) is 0 Å². The summed E-state index contributed by atoms with van der Waals surface area (Å²) in [6, 6.07) is 21.4. The van der Waals surface area contributed by atoms with E-state index in [-0.39, 0.29) is 22.6 Å². The number of ether oxygens (including phenoxy) is 1. The van der Waals surface area contributed by atoms with E-state index in [9.17, 15) is 9.90 Å². The Bertz CT molecular complexity index is 1310. The summed E-state index contributed by atoms with van der Waals surface area (Å²) in [6.07, 6.45) is 1.51. The number of rotatable bonds is 8. The Labute approximate surface area is 203 Å². The number of benzene rings is 3. The highest BCUT2D eigenvalue weighted by atomic mass is 35.5. The number of aromatic nitrogens is 2. The van der Waals surface area contributed by atoms with E-state index >= 15 is 0 Å². The topological polar surface area (TPSA) is 85.5 Å². The first-order valence-electron chi connectivity index (χ1n) is 9.66. The van der Waals surface area contributed by atoms with Crippen LogP contribution in [-0.4, -0.2) is 21.3 Å². The van der Waals surface area contributed by atoms with Crippen LogP contribution < -0.4 is 4.74 Å². The molecule has 0 saturated heterocycles. The number of carboxylic acid groups (broad SMARTS) is 1. The van der Waals surface area contributed by atoms with Gasteiger partial charge in [0.25, 0.3) is 5.22 Å². The highest BCUT2D eigenvalue weighted by molar-refractivity contribution is 8.03. The van der Waals surface area contributed by atoms with Gasteiger partial charge in [0.15, 0.2) is 0 Å². The van der Waals surface area contributed by atoms with Gasteiger partial charge in [-0.25, -0.2) is 4.79 Å². The normalized spacial score (nSPS) is 11.4. The molecule has 0 aliphatic carbocycles. The smallest absolute Gasteiger partial charge is 0.342 e. The first-order chi connectivity index (χ1) is 16.0. The molecular weight excluding hydrogens is 483 g/mol. The van der Waals surface area contributed by atoms with Crippen LogP contribution in [0.3, 0.4) is 0 Å². The number of hydrogen-bond donors (Lipinski definition) is 1. The van der Waals surface area contributed by atoms with Crippen molar-refractivity contribution in [1.29, 1.82) is 0 Å². The molecule has 0 aliphatic heterocycles. The molecule has 0 saturated carbocycles. The lowest BCUT2D eigenvalue weighted by atomic mass is 10.2. The standard InChI is InChI=1S/C24H16Cl2N2O4S/c25-18-10-8-16(9-11-18)22-27-28-24(32-22)33-21(23(29)30)13-17-5-1-2-7-20(17)31-14-15-4-3-6-19(26)12-15/h1-13H,14H2,(H,29,30)/b21-13-. The molecule has 0 amide bonds. The molecule has 1 aromatic heterocycles. The Morgan fingerprint density at radius 1 is 1.00 bits per heavy atom. The molecule has 0 fully saturated rings. The van der Waals surface area contributed by atoms with Gasteiger partial charge >= 0.3 is 5.97 Å². The van der Waals surface area contributed by atoms with Crippen LogP contribution in [0.2, 0.25) is 10.0 Å². The predicted molar refractivity (Wildman–Crippen MR) is 128 cm³/mol. The minimum absolute atomic E-state index is 0.000103. The van der Waals surface area contributed by atoms with Gasteiger partial charge in [-0.2, -0.15) is 0 Å². The van der Waals surface area contributed by atoms with Crippen molar-refractivity contribution in [2.24, 2.45) is 0 Å². The average Bonchev–Trinajstić information content (AvgIpc) is 3.27. The van der Waals surface area contributed by atoms with E-state index in [4.69, 9.17) is 32.4 Å². The van der Waals surface area contributed by atoms with Crippen LogP contribution in [0.25, 0.3) is 17.5 Å². The number of thioether (sulfide) groups is 1. The summed E-state index contributed by atoms with van der Waals surface area (Å²) < 4.78 is 11.5. The monoisotopic (exact) mass is 498 g/mol. The number of halogens is 2. The zero-order valence-corrected chi connectivity index (χ0v) is 19.3. The van der Waals surface area contributed by atoms with E-state index in [1.807, 2.05) is 24.3 Å². The van der Waals surface area contributed by atoms with Crippen molar-refractivity contribution in [3.8, 4) is 17.2 Å². The van der Waals surface area contributed by atoms with Crippen LogP contribution in [0.15, 0.2) is 87.3 Å². The van der Waals surface area contributed by atoms with Gasteiger partial charge in [-0.15, -0.1) is 10.2 Å². The molecule has 0 aliphatic rings. The summed E-state index contributed by atoms with van der Waals surface area (Å²) in [4.78, 5) is 11.9. The number of aliphatic carboxylic acids is 1. The highest BCUT2D eigenvalue weighted by Gasteiger charge is 2.17. The third kappa shape index (κ3) is 6.16. The molecule has 0 unspecified atom stereocenters. The highest BCUT2D eigenvalue weighted by Crippen LogP contribution is 2.32. The van der Waals surface area contributed by atoms with Crippen LogP contribution in [0, 0.1) is 0 Å².